The topological polar surface area (TPSA) is 38.9 Å². The third-order valence-corrected chi connectivity index (χ3v) is 1.89. The first-order chi connectivity index (χ1) is 5.25. The molecule has 1 unspecified atom stereocenters. The highest BCUT2D eigenvalue weighted by Crippen LogP contribution is 2.14. The van der Waals surface area contributed by atoms with E-state index in [-0.39, 0.29) is 6.04 Å². The number of hydrogen-bond acceptors (Lipinski definition) is 2. The Morgan fingerprint density at radius 1 is 1.64 bits per heavy atom. The van der Waals surface area contributed by atoms with Gasteiger partial charge in [0.1, 0.15) is 0 Å². The quantitative estimate of drug-likeness (QED) is 0.698. The second-order valence-corrected chi connectivity index (χ2v) is 2.69. The van der Waals surface area contributed by atoms with E-state index < -0.39 is 0 Å². The van der Waals surface area contributed by atoms with E-state index in [4.69, 9.17) is 5.73 Å². The molecule has 1 heterocycles. The summed E-state index contributed by atoms with van der Waals surface area (Å²) in [5, 5.41) is 0. The van der Waals surface area contributed by atoms with Crippen LogP contribution in [0.25, 0.3) is 0 Å². The molecular formula is C9H14N2. The molecule has 0 aromatic carbocycles. The largest absolute Gasteiger partial charge is 0.324 e. The number of pyridine rings is 1. The first-order valence-electron chi connectivity index (χ1n) is 3.92. The lowest BCUT2D eigenvalue weighted by molar-refractivity contribution is 0.689. The van der Waals surface area contributed by atoms with Gasteiger partial charge in [-0.25, -0.2) is 0 Å². The second-order valence-electron chi connectivity index (χ2n) is 2.69. The van der Waals surface area contributed by atoms with E-state index in [2.05, 4.69) is 11.9 Å². The maximum Gasteiger partial charge on any atom is 0.0420 e. The first kappa shape index (κ1) is 8.21. The molecule has 0 amide bonds. The molecular weight excluding hydrogens is 136 g/mol. The normalized spacial score (nSPS) is 13.0. The average Bonchev–Trinajstić information content (AvgIpc) is 2.04. The summed E-state index contributed by atoms with van der Waals surface area (Å²) in [6.07, 6.45) is 2.76. The van der Waals surface area contributed by atoms with Crippen LogP contribution in [0.4, 0.5) is 0 Å². The van der Waals surface area contributed by atoms with Gasteiger partial charge in [0.05, 0.1) is 0 Å². The van der Waals surface area contributed by atoms with Crippen LogP contribution >= 0.6 is 0 Å². The molecule has 0 saturated carbocycles. The monoisotopic (exact) mass is 150 g/mol. The Balaban J connectivity index is 2.93. The predicted octanol–water partition coefficient (Wildman–Crippen LogP) is 1.80. The Kier molecular flexibility index (Phi) is 2.60. The van der Waals surface area contributed by atoms with E-state index in [0.717, 1.165) is 17.7 Å². The maximum absolute atomic E-state index is 5.86. The lowest BCUT2D eigenvalue weighted by atomic mass is 10.0. The molecule has 0 fully saturated rings. The lowest BCUT2D eigenvalue weighted by Crippen LogP contribution is -2.10. The molecule has 0 aliphatic heterocycles. The van der Waals surface area contributed by atoms with E-state index >= 15 is 0 Å². The first-order valence-corrected chi connectivity index (χ1v) is 3.92. The molecule has 1 aromatic rings. The molecule has 60 valence electrons. The van der Waals surface area contributed by atoms with Gasteiger partial charge in [0.2, 0.25) is 0 Å². The summed E-state index contributed by atoms with van der Waals surface area (Å²) in [5.41, 5.74) is 8.06. The molecule has 2 heteroatoms. The number of aromatic nitrogens is 1. The van der Waals surface area contributed by atoms with Crippen molar-refractivity contribution in [3.8, 4) is 0 Å². The molecule has 1 aromatic heterocycles. The van der Waals surface area contributed by atoms with Gasteiger partial charge in [-0.05, 0) is 25.0 Å². The molecule has 11 heavy (non-hydrogen) atoms. The van der Waals surface area contributed by atoms with Gasteiger partial charge < -0.3 is 5.73 Å². The lowest BCUT2D eigenvalue weighted by Gasteiger charge is -2.10. The van der Waals surface area contributed by atoms with Gasteiger partial charge in [0, 0.05) is 17.9 Å². The smallest absolute Gasteiger partial charge is 0.0420 e. The van der Waals surface area contributed by atoms with Crippen molar-refractivity contribution in [1.29, 1.82) is 0 Å². The van der Waals surface area contributed by atoms with Gasteiger partial charge in [-0.2, -0.15) is 0 Å². The third-order valence-electron chi connectivity index (χ3n) is 1.89. The van der Waals surface area contributed by atoms with Crippen molar-refractivity contribution in [2.75, 3.05) is 0 Å². The molecule has 1 rings (SSSR count). The minimum Gasteiger partial charge on any atom is -0.324 e. The van der Waals surface area contributed by atoms with Crippen LogP contribution in [-0.2, 0) is 0 Å². The van der Waals surface area contributed by atoms with Crippen LogP contribution < -0.4 is 5.73 Å². The highest BCUT2D eigenvalue weighted by Gasteiger charge is 2.05. The molecule has 1 atom stereocenters. The van der Waals surface area contributed by atoms with Crippen LogP contribution in [0.15, 0.2) is 18.3 Å². The Hall–Kier alpha value is -0.890. The van der Waals surface area contributed by atoms with Gasteiger partial charge in [0.15, 0.2) is 0 Å². The standard InChI is InChI=1S/C9H14N2/c1-3-9(10)8-5-4-6-11-7(8)2/h4-6,9H,3,10H2,1-2H3. The zero-order chi connectivity index (χ0) is 8.27. The Bertz CT molecular complexity index is 233. The zero-order valence-corrected chi connectivity index (χ0v) is 7.04. The van der Waals surface area contributed by atoms with Gasteiger partial charge in [0.25, 0.3) is 0 Å². The van der Waals surface area contributed by atoms with Crippen molar-refractivity contribution in [2.24, 2.45) is 5.73 Å². The fourth-order valence-electron chi connectivity index (χ4n) is 1.11. The number of aryl methyl sites for hydroxylation is 1. The minimum absolute atomic E-state index is 0.142. The van der Waals surface area contributed by atoms with E-state index in [1.807, 2.05) is 19.1 Å². The predicted molar refractivity (Wildman–Crippen MR) is 46.2 cm³/mol. The maximum atomic E-state index is 5.86. The van der Waals surface area contributed by atoms with Gasteiger partial charge in [-0.3, -0.25) is 4.98 Å². The van der Waals surface area contributed by atoms with E-state index in [1.54, 1.807) is 6.20 Å². The minimum atomic E-state index is 0.142. The summed E-state index contributed by atoms with van der Waals surface area (Å²) in [5.74, 6) is 0. The molecule has 2 N–H and O–H groups in total. The molecule has 0 spiro atoms. The zero-order valence-electron chi connectivity index (χ0n) is 7.04. The summed E-state index contributed by atoms with van der Waals surface area (Å²) in [7, 11) is 0. The number of nitrogens with two attached hydrogens (primary N) is 1. The highest BCUT2D eigenvalue weighted by molar-refractivity contribution is 5.21. The summed E-state index contributed by atoms with van der Waals surface area (Å²) < 4.78 is 0. The Morgan fingerprint density at radius 2 is 2.36 bits per heavy atom. The van der Waals surface area contributed by atoms with E-state index in [9.17, 15) is 0 Å². The van der Waals surface area contributed by atoms with Crippen molar-refractivity contribution < 1.29 is 0 Å². The Morgan fingerprint density at radius 3 is 2.91 bits per heavy atom. The van der Waals surface area contributed by atoms with Crippen LogP contribution in [-0.4, -0.2) is 4.98 Å². The highest BCUT2D eigenvalue weighted by atomic mass is 14.7. The van der Waals surface area contributed by atoms with Crippen molar-refractivity contribution in [2.45, 2.75) is 26.3 Å². The second kappa shape index (κ2) is 3.49. The van der Waals surface area contributed by atoms with Crippen molar-refractivity contribution in [1.82, 2.24) is 4.98 Å². The SMILES string of the molecule is CCC(N)c1cccnc1C. The van der Waals surface area contributed by atoms with E-state index in [1.165, 1.54) is 0 Å². The molecule has 0 aliphatic rings. The fraction of sp³-hybridized carbons (Fsp3) is 0.444. The van der Waals surface area contributed by atoms with E-state index in [0.29, 0.717) is 0 Å². The van der Waals surface area contributed by atoms with Crippen LogP contribution in [0.1, 0.15) is 30.6 Å². The van der Waals surface area contributed by atoms with Crippen LogP contribution in [0, 0.1) is 6.92 Å². The number of hydrogen-bond donors (Lipinski definition) is 1. The fourth-order valence-corrected chi connectivity index (χ4v) is 1.11. The molecule has 0 saturated heterocycles. The van der Waals surface area contributed by atoms with Gasteiger partial charge >= 0.3 is 0 Å². The average molecular weight is 150 g/mol. The van der Waals surface area contributed by atoms with Crippen LogP contribution in [0.3, 0.4) is 0 Å². The third kappa shape index (κ3) is 1.77. The van der Waals surface area contributed by atoms with Crippen LogP contribution in [0.2, 0.25) is 0 Å². The van der Waals surface area contributed by atoms with Gasteiger partial charge in [-0.15, -0.1) is 0 Å². The summed E-state index contributed by atoms with van der Waals surface area (Å²) in [6, 6.07) is 4.11. The molecule has 0 radical (unpaired) electrons. The summed E-state index contributed by atoms with van der Waals surface area (Å²) in [4.78, 5) is 4.17. The van der Waals surface area contributed by atoms with Crippen LogP contribution in [0.5, 0.6) is 0 Å². The van der Waals surface area contributed by atoms with Crippen molar-refractivity contribution in [3.05, 3.63) is 29.6 Å². The van der Waals surface area contributed by atoms with Gasteiger partial charge in [-0.1, -0.05) is 13.0 Å². The summed E-state index contributed by atoms with van der Waals surface area (Å²) >= 11 is 0. The number of nitrogens with zero attached hydrogens (tertiary/aromatic N) is 1. The molecule has 2 nitrogen and oxygen atoms in total. The number of rotatable bonds is 2. The Labute approximate surface area is 67.5 Å². The van der Waals surface area contributed by atoms with Crippen molar-refractivity contribution >= 4 is 0 Å². The van der Waals surface area contributed by atoms with Crippen molar-refractivity contribution in [3.63, 3.8) is 0 Å². The summed E-state index contributed by atoms with van der Waals surface area (Å²) in [6.45, 7) is 4.07. The molecule has 0 aliphatic carbocycles. The molecule has 0 bridgehead atoms.